The normalized spacial score (nSPS) is 26.1. The maximum Gasteiger partial charge on any atom is 0.330 e. The molecule has 2 N–H and O–H groups in total. The highest BCUT2D eigenvalue weighted by molar-refractivity contribution is 5.80. The van der Waals surface area contributed by atoms with Crippen LogP contribution in [-0.4, -0.2) is 22.6 Å². The monoisotopic (exact) mass is 206 g/mol. The van der Waals surface area contributed by atoms with E-state index >= 15 is 0 Å². The minimum Gasteiger partial charge on any atom is -0.480 e. The Labute approximate surface area is 88.3 Å². The minimum absolute atomic E-state index is 0.609. The number of piperidine rings is 1. The van der Waals surface area contributed by atoms with Gasteiger partial charge < -0.3 is 5.11 Å². The van der Waals surface area contributed by atoms with Gasteiger partial charge in [-0.3, -0.25) is 10.3 Å². The van der Waals surface area contributed by atoms with Crippen LogP contribution in [-0.2, 0) is 10.3 Å². The Morgan fingerprint density at radius 2 is 2.33 bits per heavy atom. The second kappa shape index (κ2) is 3.98. The molecule has 80 valence electrons. The fourth-order valence-electron chi connectivity index (χ4n) is 2.03. The van der Waals surface area contributed by atoms with Gasteiger partial charge in [0.25, 0.3) is 0 Å². The zero-order chi connectivity index (χ0) is 10.7. The van der Waals surface area contributed by atoms with E-state index in [0.29, 0.717) is 12.1 Å². The Morgan fingerprint density at radius 3 is 2.87 bits per heavy atom. The van der Waals surface area contributed by atoms with Gasteiger partial charge in [-0.15, -0.1) is 0 Å². The molecule has 1 aromatic heterocycles. The molecule has 0 aromatic carbocycles. The van der Waals surface area contributed by atoms with Crippen LogP contribution in [0.1, 0.15) is 25.0 Å². The number of rotatable bonds is 2. The number of carboxylic acid groups (broad SMARTS) is 1. The molecule has 0 saturated carbocycles. The molecule has 1 atom stereocenters. The summed E-state index contributed by atoms with van der Waals surface area (Å²) in [6, 6.07) is 5.39. The summed E-state index contributed by atoms with van der Waals surface area (Å²) < 4.78 is 0. The van der Waals surface area contributed by atoms with E-state index in [1.165, 1.54) is 0 Å². The summed E-state index contributed by atoms with van der Waals surface area (Å²) in [5.74, 6) is -0.832. The molecule has 4 nitrogen and oxygen atoms in total. The third-order valence-corrected chi connectivity index (χ3v) is 2.87. The van der Waals surface area contributed by atoms with Crippen LogP contribution in [0.4, 0.5) is 0 Å². The number of nitrogens with one attached hydrogen (secondary N) is 1. The Hall–Kier alpha value is -1.42. The van der Waals surface area contributed by atoms with Crippen molar-refractivity contribution < 1.29 is 9.90 Å². The largest absolute Gasteiger partial charge is 0.480 e. The van der Waals surface area contributed by atoms with E-state index in [4.69, 9.17) is 0 Å². The maximum atomic E-state index is 11.4. The van der Waals surface area contributed by atoms with E-state index in [2.05, 4.69) is 10.3 Å². The molecule has 4 heteroatoms. The van der Waals surface area contributed by atoms with Gasteiger partial charge in [0.1, 0.15) is 0 Å². The van der Waals surface area contributed by atoms with Gasteiger partial charge in [-0.05, 0) is 37.9 Å². The number of hydrogen-bond acceptors (Lipinski definition) is 3. The molecule has 0 bridgehead atoms. The molecule has 1 aliphatic rings. The zero-order valence-electron chi connectivity index (χ0n) is 8.44. The molecular formula is C11H14N2O2. The number of carboxylic acids is 1. The third kappa shape index (κ3) is 1.72. The summed E-state index contributed by atoms with van der Waals surface area (Å²) in [4.78, 5) is 15.5. The van der Waals surface area contributed by atoms with Gasteiger partial charge in [0.2, 0.25) is 0 Å². The van der Waals surface area contributed by atoms with Gasteiger partial charge in [-0.1, -0.05) is 6.07 Å². The highest BCUT2D eigenvalue weighted by atomic mass is 16.4. The molecule has 1 saturated heterocycles. The van der Waals surface area contributed by atoms with Gasteiger partial charge in [0.15, 0.2) is 5.54 Å². The first-order valence-electron chi connectivity index (χ1n) is 5.16. The zero-order valence-corrected chi connectivity index (χ0v) is 8.44. The predicted octanol–water partition coefficient (Wildman–Crippen LogP) is 1.14. The standard InChI is InChI=1S/C11H14N2O2/c14-10(15)11(6-2-4-8-13-11)9-5-1-3-7-12-9/h1,3,5,7,13H,2,4,6,8H2,(H,14,15). The Morgan fingerprint density at radius 1 is 1.47 bits per heavy atom. The SMILES string of the molecule is O=C(O)C1(c2ccccn2)CCCCN1. The fourth-order valence-corrected chi connectivity index (χ4v) is 2.03. The van der Waals surface area contributed by atoms with E-state index in [1.54, 1.807) is 18.3 Å². The van der Waals surface area contributed by atoms with Crippen LogP contribution >= 0.6 is 0 Å². The molecule has 2 rings (SSSR count). The summed E-state index contributed by atoms with van der Waals surface area (Å²) in [5.41, 5.74) is -0.364. The molecule has 2 heterocycles. The average Bonchev–Trinajstić information content (AvgIpc) is 2.31. The molecule has 1 unspecified atom stereocenters. The Kier molecular flexibility index (Phi) is 2.68. The van der Waals surface area contributed by atoms with Gasteiger partial charge in [-0.25, -0.2) is 4.79 Å². The van der Waals surface area contributed by atoms with Crippen LogP contribution in [0.5, 0.6) is 0 Å². The van der Waals surface area contributed by atoms with Crippen LogP contribution in [0.2, 0.25) is 0 Å². The summed E-state index contributed by atoms with van der Waals surface area (Å²) >= 11 is 0. The lowest BCUT2D eigenvalue weighted by Gasteiger charge is -2.33. The van der Waals surface area contributed by atoms with Crippen molar-refractivity contribution in [2.45, 2.75) is 24.8 Å². The van der Waals surface area contributed by atoms with E-state index in [-0.39, 0.29) is 0 Å². The van der Waals surface area contributed by atoms with Gasteiger partial charge in [0, 0.05) is 6.20 Å². The van der Waals surface area contributed by atoms with E-state index in [1.807, 2.05) is 6.07 Å². The van der Waals surface area contributed by atoms with Crippen molar-refractivity contribution in [1.82, 2.24) is 10.3 Å². The van der Waals surface area contributed by atoms with Crippen LogP contribution < -0.4 is 5.32 Å². The Balaban J connectivity index is 2.38. The topological polar surface area (TPSA) is 62.2 Å². The number of aromatic nitrogens is 1. The van der Waals surface area contributed by atoms with Crippen LogP contribution in [0.15, 0.2) is 24.4 Å². The number of carbonyl (C=O) groups is 1. The summed E-state index contributed by atoms with van der Waals surface area (Å²) in [6.07, 6.45) is 4.20. The second-order valence-electron chi connectivity index (χ2n) is 3.81. The molecule has 1 aromatic rings. The molecule has 0 radical (unpaired) electrons. The lowest BCUT2D eigenvalue weighted by atomic mass is 9.85. The van der Waals surface area contributed by atoms with Crippen LogP contribution in [0.25, 0.3) is 0 Å². The first-order chi connectivity index (χ1) is 7.26. The lowest BCUT2D eigenvalue weighted by molar-refractivity contribution is -0.146. The van der Waals surface area contributed by atoms with E-state index < -0.39 is 11.5 Å². The van der Waals surface area contributed by atoms with Crippen molar-refractivity contribution in [2.75, 3.05) is 6.54 Å². The van der Waals surface area contributed by atoms with Gasteiger partial charge >= 0.3 is 5.97 Å². The van der Waals surface area contributed by atoms with Crippen molar-refractivity contribution in [3.63, 3.8) is 0 Å². The Bertz CT molecular complexity index is 345. The number of pyridine rings is 1. The summed E-state index contributed by atoms with van der Waals surface area (Å²) in [5, 5.41) is 12.4. The van der Waals surface area contributed by atoms with Crippen molar-refractivity contribution in [3.8, 4) is 0 Å². The second-order valence-corrected chi connectivity index (χ2v) is 3.81. The van der Waals surface area contributed by atoms with E-state index in [9.17, 15) is 9.90 Å². The van der Waals surface area contributed by atoms with Gasteiger partial charge in [0.05, 0.1) is 5.69 Å². The lowest BCUT2D eigenvalue weighted by Crippen LogP contribution is -2.52. The predicted molar refractivity (Wildman–Crippen MR) is 55.4 cm³/mol. The summed E-state index contributed by atoms with van der Waals surface area (Å²) in [7, 11) is 0. The molecule has 0 aliphatic carbocycles. The fraction of sp³-hybridized carbons (Fsp3) is 0.455. The van der Waals surface area contributed by atoms with Gasteiger partial charge in [-0.2, -0.15) is 0 Å². The molecule has 0 amide bonds. The maximum absolute atomic E-state index is 11.4. The number of aliphatic carboxylic acids is 1. The summed E-state index contributed by atoms with van der Waals surface area (Å²) in [6.45, 7) is 0.739. The van der Waals surface area contributed by atoms with Crippen LogP contribution in [0, 0.1) is 0 Å². The first kappa shape index (κ1) is 10.1. The number of nitrogens with zero attached hydrogens (tertiary/aromatic N) is 1. The molecule has 0 spiro atoms. The minimum atomic E-state index is -0.973. The molecular weight excluding hydrogens is 192 g/mol. The van der Waals surface area contributed by atoms with Crippen molar-refractivity contribution in [2.24, 2.45) is 0 Å². The van der Waals surface area contributed by atoms with Crippen molar-refractivity contribution in [1.29, 1.82) is 0 Å². The smallest absolute Gasteiger partial charge is 0.330 e. The highest BCUT2D eigenvalue weighted by Crippen LogP contribution is 2.29. The van der Waals surface area contributed by atoms with Crippen molar-refractivity contribution in [3.05, 3.63) is 30.1 Å². The van der Waals surface area contributed by atoms with Crippen molar-refractivity contribution >= 4 is 5.97 Å². The highest BCUT2D eigenvalue weighted by Gasteiger charge is 2.42. The van der Waals surface area contributed by atoms with Crippen LogP contribution in [0.3, 0.4) is 0 Å². The third-order valence-electron chi connectivity index (χ3n) is 2.87. The average molecular weight is 206 g/mol. The quantitative estimate of drug-likeness (QED) is 0.761. The van der Waals surface area contributed by atoms with E-state index in [0.717, 1.165) is 19.4 Å². The number of hydrogen-bond donors (Lipinski definition) is 2. The molecule has 1 aliphatic heterocycles. The molecule has 15 heavy (non-hydrogen) atoms. The first-order valence-corrected chi connectivity index (χ1v) is 5.16. The molecule has 1 fully saturated rings.